The minimum Gasteiger partial charge on any atom is -0.432 e. The van der Waals surface area contributed by atoms with Crippen molar-refractivity contribution in [3.05, 3.63) is 24.0 Å². The van der Waals surface area contributed by atoms with E-state index in [1.807, 2.05) is 13.1 Å². The summed E-state index contributed by atoms with van der Waals surface area (Å²) < 4.78 is 14.2. The number of carbonyl (C=O) groups is 1. The van der Waals surface area contributed by atoms with Crippen LogP contribution >= 0.6 is 0 Å². The van der Waals surface area contributed by atoms with Crippen LogP contribution in [-0.2, 0) is 0 Å². The first kappa shape index (κ1) is 20.0. The second kappa shape index (κ2) is 7.50. The van der Waals surface area contributed by atoms with Gasteiger partial charge in [0.05, 0.1) is 5.69 Å². The molecule has 7 heteroatoms. The summed E-state index contributed by atoms with van der Waals surface area (Å²) in [6, 6.07) is 4.27. The summed E-state index contributed by atoms with van der Waals surface area (Å²) in [6.07, 6.45) is 2.50. The Kier molecular flexibility index (Phi) is 5.99. The van der Waals surface area contributed by atoms with E-state index in [-0.39, 0.29) is 16.8 Å². The van der Waals surface area contributed by atoms with Crippen LogP contribution in [0, 0.1) is 5.82 Å². The standard InChI is InChI=1S/C18H28BFN2O2Si/c1-18(2,25(3,4)24)9-5-10-21-11-6-12-22(17(21)23)16-8-7-14(19)13-15(16)20/h7-8,13,24H,5-6,9-12H2,1-4H3. The van der Waals surface area contributed by atoms with Crippen LogP contribution in [-0.4, -0.2) is 51.5 Å². The number of hydrogen-bond acceptors (Lipinski definition) is 2. The van der Waals surface area contributed by atoms with E-state index in [9.17, 15) is 14.0 Å². The van der Waals surface area contributed by atoms with Crippen LogP contribution in [0.4, 0.5) is 14.9 Å². The summed E-state index contributed by atoms with van der Waals surface area (Å²) in [7, 11) is 3.35. The molecule has 1 aliphatic heterocycles. The van der Waals surface area contributed by atoms with Crippen molar-refractivity contribution in [2.75, 3.05) is 24.5 Å². The van der Waals surface area contributed by atoms with Crippen molar-refractivity contribution in [3.8, 4) is 0 Å². The van der Waals surface area contributed by atoms with Gasteiger partial charge in [-0.2, -0.15) is 0 Å². The normalized spacial score (nSPS) is 16.5. The van der Waals surface area contributed by atoms with Crippen LogP contribution in [0.5, 0.6) is 0 Å². The highest BCUT2D eigenvalue weighted by Crippen LogP contribution is 2.39. The Bertz CT molecular complexity index is 634. The van der Waals surface area contributed by atoms with Crippen molar-refractivity contribution in [2.24, 2.45) is 0 Å². The number of halogens is 1. The Balaban J connectivity index is 2.00. The smallest absolute Gasteiger partial charge is 0.324 e. The van der Waals surface area contributed by atoms with Crippen LogP contribution in [0.25, 0.3) is 0 Å². The maximum Gasteiger partial charge on any atom is 0.324 e. The van der Waals surface area contributed by atoms with Crippen LogP contribution in [0.1, 0.15) is 33.1 Å². The van der Waals surface area contributed by atoms with Gasteiger partial charge in [0, 0.05) is 19.6 Å². The third-order valence-corrected chi connectivity index (χ3v) is 9.02. The third-order valence-electron chi connectivity index (χ3n) is 5.46. The first-order valence-electron chi connectivity index (χ1n) is 8.87. The molecule has 2 radical (unpaired) electrons. The number of carbonyl (C=O) groups excluding carboxylic acids is 1. The maximum atomic E-state index is 14.2. The molecule has 1 aromatic carbocycles. The first-order valence-corrected chi connectivity index (χ1v) is 11.8. The molecule has 136 valence electrons. The van der Waals surface area contributed by atoms with Crippen molar-refractivity contribution < 1.29 is 14.0 Å². The van der Waals surface area contributed by atoms with Crippen LogP contribution in [0.3, 0.4) is 0 Å². The van der Waals surface area contributed by atoms with E-state index < -0.39 is 14.1 Å². The Morgan fingerprint density at radius 3 is 2.60 bits per heavy atom. The lowest BCUT2D eigenvalue weighted by atomic mass is 9.96. The molecular formula is C18H28BFN2O2Si. The van der Waals surface area contributed by atoms with Crippen LogP contribution in [0.2, 0.25) is 18.1 Å². The van der Waals surface area contributed by atoms with E-state index in [4.69, 9.17) is 7.85 Å². The number of rotatable bonds is 6. The van der Waals surface area contributed by atoms with Crippen LogP contribution < -0.4 is 10.4 Å². The van der Waals surface area contributed by atoms with Crippen molar-refractivity contribution >= 4 is 33.3 Å². The number of hydrogen-bond donors (Lipinski definition) is 1. The predicted molar refractivity (Wildman–Crippen MR) is 104 cm³/mol. The molecule has 1 N–H and O–H groups in total. The second-order valence-corrected chi connectivity index (χ2v) is 12.5. The van der Waals surface area contributed by atoms with E-state index in [0.29, 0.717) is 25.1 Å². The fraction of sp³-hybridized carbons (Fsp3) is 0.611. The first-order chi connectivity index (χ1) is 11.5. The summed E-state index contributed by atoms with van der Waals surface area (Å²) >= 11 is 0. The van der Waals surface area contributed by atoms with E-state index >= 15 is 0 Å². The molecule has 25 heavy (non-hydrogen) atoms. The van der Waals surface area contributed by atoms with Gasteiger partial charge in [0.1, 0.15) is 13.7 Å². The summed E-state index contributed by atoms with van der Waals surface area (Å²) in [5.74, 6) is -0.468. The molecule has 0 atom stereocenters. The lowest BCUT2D eigenvalue weighted by Crippen LogP contribution is -2.50. The molecule has 1 fully saturated rings. The van der Waals surface area contributed by atoms with Gasteiger partial charge in [-0.3, -0.25) is 4.90 Å². The van der Waals surface area contributed by atoms with E-state index in [1.165, 1.54) is 11.0 Å². The highest BCUT2D eigenvalue weighted by molar-refractivity contribution is 6.72. The zero-order valence-corrected chi connectivity index (χ0v) is 16.7. The van der Waals surface area contributed by atoms with Crippen LogP contribution in [0.15, 0.2) is 18.2 Å². The molecule has 0 saturated carbocycles. The fourth-order valence-electron chi connectivity index (χ4n) is 2.97. The molecule has 0 unspecified atom stereocenters. The third kappa shape index (κ3) is 4.64. The van der Waals surface area contributed by atoms with Crippen molar-refractivity contribution in [1.29, 1.82) is 0 Å². The summed E-state index contributed by atoms with van der Waals surface area (Å²) in [6.45, 7) is 9.90. The predicted octanol–water partition coefficient (Wildman–Crippen LogP) is 3.01. The van der Waals surface area contributed by atoms with Crippen molar-refractivity contribution in [3.63, 3.8) is 0 Å². The molecule has 4 nitrogen and oxygen atoms in total. The monoisotopic (exact) mass is 362 g/mol. The number of urea groups is 1. The zero-order chi connectivity index (χ0) is 18.8. The summed E-state index contributed by atoms with van der Waals surface area (Å²) in [5, 5.41) is -0.103. The molecule has 0 aromatic heterocycles. The van der Waals surface area contributed by atoms with Gasteiger partial charge < -0.3 is 9.70 Å². The highest BCUT2D eigenvalue weighted by Gasteiger charge is 2.37. The van der Waals surface area contributed by atoms with Gasteiger partial charge in [0.15, 0.2) is 8.32 Å². The minimum atomic E-state index is -2.24. The molecule has 1 saturated heterocycles. The summed E-state index contributed by atoms with van der Waals surface area (Å²) in [5.41, 5.74) is 0.633. The molecule has 2 rings (SSSR count). The van der Waals surface area contributed by atoms with E-state index in [0.717, 1.165) is 19.3 Å². The van der Waals surface area contributed by atoms with E-state index in [1.54, 1.807) is 17.0 Å². The molecule has 2 amide bonds. The Morgan fingerprint density at radius 1 is 1.32 bits per heavy atom. The second-order valence-electron chi connectivity index (χ2n) is 8.03. The number of amides is 2. The summed E-state index contributed by atoms with van der Waals surface area (Å²) in [4.78, 5) is 26.4. The van der Waals surface area contributed by atoms with Gasteiger partial charge in [-0.05, 0) is 49.5 Å². The van der Waals surface area contributed by atoms with Crippen molar-refractivity contribution in [1.82, 2.24) is 4.90 Å². The average Bonchev–Trinajstić information content (AvgIpc) is 2.48. The van der Waals surface area contributed by atoms with Gasteiger partial charge in [0.25, 0.3) is 0 Å². The minimum absolute atomic E-state index is 0.103. The van der Waals surface area contributed by atoms with Gasteiger partial charge in [-0.25, -0.2) is 9.18 Å². The quantitative estimate of drug-likeness (QED) is 0.791. The van der Waals surface area contributed by atoms with Gasteiger partial charge in [-0.1, -0.05) is 25.4 Å². The lowest BCUT2D eigenvalue weighted by Gasteiger charge is -2.38. The number of nitrogens with zero attached hydrogens (tertiary/aromatic N) is 2. The number of anilines is 1. The molecule has 1 aromatic rings. The average molecular weight is 362 g/mol. The van der Waals surface area contributed by atoms with Gasteiger partial charge in [-0.15, -0.1) is 0 Å². The molecule has 1 heterocycles. The fourth-order valence-corrected chi connectivity index (χ4v) is 3.76. The largest absolute Gasteiger partial charge is 0.432 e. The van der Waals surface area contributed by atoms with Crippen molar-refractivity contribution in [2.45, 2.75) is 51.2 Å². The maximum absolute atomic E-state index is 14.2. The highest BCUT2D eigenvalue weighted by atomic mass is 28.4. The Labute approximate surface area is 152 Å². The van der Waals surface area contributed by atoms with Gasteiger partial charge in [0.2, 0.25) is 0 Å². The zero-order valence-electron chi connectivity index (χ0n) is 15.7. The topological polar surface area (TPSA) is 43.8 Å². The SMILES string of the molecule is [B]c1ccc(N2CCCN(CCCC(C)(C)[Si](C)(C)O)C2=O)c(F)c1. The Hall–Kier alpha value is -1.34. The molecule has 0 bridgehead atoms. The van der Waals surface area contributed by atoms with Gasteiger partial charge >= 0.3 is 6.03 Å². The lowest BCUT2D eigenvalue weighted by molar-refractivity contribution is 0.193. The molecular weight excluding hydrogens is 334 g/mol. The van der Waals surface area contributed by atoms with E-state index in [2.05, 4.69) is 13.8 Å². The Morgan fingerprint density at radius 2 is 2.00 bits per heavy atom. The molecule has 1 aliphatic rings. The molecule has 0 aliphatic carbocycles. The number of benzene rings is 1. The molecule has 0 spiro atoms.